The first-order chi connectivity index (χ1) is 10.5. The van der Waals surface area contributed by atoms with E-state index >= 15 is 0 Å². The number of amidine groups is 1. The molecule has 2 N–H and O–H groups in total. The van der Waals surface area contributed by atoms with Crippen molar-refractivity contribution in [1.29, 1.82) is 0 Å². The monoisotopic (exact) mass is 325 g/mol. The van der Waals surface area contributed by atoms with Crippen LogP contribution in [-0.2, 0) is 9.59 Å². The van der Waals surface area contributed by atoms with Crippen LogP contribution in [0.1, 0.15) is 13.8 Å². The van der Waals surface area contributed by atoms with Crippen LogP contribution in [0, 0.1) is 0 Å². The molecular weight excluding hydrogens is 310 g/mol. The second kappa shape index (κ2) is 5.20. The third-order valence-corrected chi connectivity index (χ3v) is 4.76. The Bertz CT molecular complexity index is 619. The number of fused-ring (bicyclic) bond motifs is 3. The van der Waals surface area contributed by atoms with Gasteiger partial charge >= 0.3 is 12.0 Å². The van der Waals surface area contributed by atoms with E-state index in [2.05, 4.69) is 10.5 Å². The van der Waals surface area contributed by atoms with Crippen LogP contribution in [0.2, 0.25) is 0 Å². The number of urea groups is 1. The van der Waals surface area contributed by atoms with E-state index in [4.69, 9.17) is 5.11 Å². The molecule has 0 saturated carbocycles. The molecule has 1 saturated heterocycles. The number of hydrazone groups is 1. The smallest absolute Gasteiger partial charge is 0.342 e. The first-order valence-corrected chi connectivity index (χ1v) is 7.67. The van der Waals surface area contributed by atoms with Gasteiger partial charge in [0.1, 0.15) is 4.91 Å². The zero-order chi connectivity index (χ0) is 16.0. The summed E-state index contributed by atoms with van der Waals surface area (Å²) in [5.74, 6) is -1.65. The number of hydrogen-bond donors (Lipinski definition) is 2. The lowest BCUT2D eigenvalue weighted by Crippen LogP contribution is -2.62. The van der Waals surface area contributed by atoms with E-state index in [9.17, 15) is 14.4 Å². The largest absolute Gasteiger partial charge is 0.477 e. The molecule has 1 fully saturated rings. The number of amides is 3. The fourth-order valence-electron chi connectivity index (χ4n) is 2.80. The summed E-state index contributed by atoms with van der Waals surface area (Å²) in [5, 5.41) is 13.4. The van der Waals surface area contributed by atoms with E-state index in [1.54, 1.807) is 9.80 Å². The van der Waals surface area contributed by atoms with Crippen molar-refractivity contribution in [3.8, 4) is 0 Å². The normalized spacial score (nSPS) is 27.1. The number of aliphatic carboxylic acids is 1. The fraction of sp³-hybridized carbons (Fsp3) is 0.500. The summed E-state index contributed by atoms with van der Waals surface area (Å²) < 4.78 is 0. The van der Waals surface area contributed by atoms with E-state index in [-0.39, 0.29) is 16.1 Å². The Balaban J connectivity index is 2.00. The van der Waals surface area contributed by atoms with E-state index in [1.807, 2.05) is 13.8 Å². The number of likely N-dealkylation sites (N-methyl/N-ethyl adjacent to an activating group) is 2. The van der Waals surface area contributed by atoms with Crippen LogP contribution in [0.15, 0.2) is 16.1 Å². The molecule has 3 aliphatic heterocycles. The zero-order valence-electron chi connectivity index (χ0n) is 12.0. The molecule has 3 rings (SSSR count). The molecule has 118 valence electrons. The lowest BCUT2D eigenvalue weighted by atomic mass is 10.2. The Morgan fingerprint density at radius 1 is 1.36 bits per heavy atom. The highest BCUT2D eigenvalue weighted by molar-refractivity contribution is 8.18. The number of nitrogens with zero attached hydrogens (tertiary/aromatic N) is 4. The number of nitrogens with one attached hydrogen (secondary N) is 1. The molecule has 9 nitrogen and oxygen atoms in total. The second-order valence-electron chi connectivity index (χ2n) is 4.86. The minimum absolute atomic E-state index is 0.0834. The molecule has 0 aromatic rings. The third-order valence-electron chi connectivity index (χ3n) is 3.78. The highest BCUT2D eigenvalue weighted by atomic mass is 32.2. The molecule has 3 heterocycles. The molecule has 0 aliphatic carbocycles. The van der Waals surface area contributed by atoms with Gasteiger partial charge in [0.05, 0.1) is 0 Å². The van der Waals surface area contributed by atoms with Crippen LogP contribution in [0.25, 0.3) is 0 Å². The lowest BCUT2D eigenvalue weighted by molar-refractivity contribution is -0.133. The lowest BCUT2D eigenvalue weighted by Gasteiger charge is -2.40. The molecule has 0 aromatic heterocycles. The van der Waals surface area contributed by atoms with Gasteiger partial charge in [-0.3, -0.25) is 24.9 Å². The van der Waals surface area contributed by atoms with E-state index in [1.165, 1.54) is 4.90 Å². The zero-order valence-corrected chi connectivity index (χ0v) is 12.8. The van der Waals surface area contributed by atoms with Crippen molar-refractivity contribution in [2.75, 3.05) is 13.1 Å². The molecule has 2 atom stereocenters. The molecular formula is C12H15N5O4S. The fourth-order valence-corrected chi connectivity index (χ4v) is 3.64. The van der Waals surface area contributed by atoms with Crippen LogP contribution in [0.4, 0.5) is 4.79 Å². The van der Waals surface area contributed by atoms with Crippen molar-refractivity contribution in [2.45, 2.75) is 26.2 Å². The first-order valence-electron chi connectivity index (χ1n) is 6.86. The Kier molecular flexibility index (Phi) is 3.47. The SMILES string of the molecule is CCN1C(=O)N(CC)C2C1NN=C1SC(C(=O)O)=CC(=O)N12. The Morgan fingerprint density at radius 3 is 2.64 bits per heavy atom. The summed E-state index contributed by atoms with van der Waals surface area (Å²) in [5.41, 5.74) is 2.87. The predicted molar refractivity (Wildman–Crippen MR) is 78.5 cm³/mol. The maximum Gasteiger partial charge on any atom is 0.342 e. The Labute approximate surface area is 130 Å². The predicted octanol–water partition coefficient (Wildman–Crippen LogP) is -0.166. The summed E-state index contributed by atoms with van der Waals surface area (Å²) >= 11 is 0.896. The van der Waals surface area contributed by atoms with Crippen LogP contribution >= 0.6 is 11.8 Å². The van der Waals surface area contributed by atoms with Gasteiger partial charge in [0.2, 0.25) is 0 Å². The number of hydrogen-bond acceptors (Lipinski definition) is 6. The quantitative estimate of drug-likeness (QED) is 0.746. The van der Waals surface area contributed by atoms with E-state index in [0.717, 1.165) is 17.8 Å². The van der Waals surface area contributed by atoms with Gasteiger partial charge in [-0.05, 0) is 25.6 Å². The number of thioether (sulfide) groups is 1. The Morgan fingerprint density at radius 2 is 2.05 bits per heavy atom. The standard InChI is InChI=1S/C12H15N5O4S/c1-3-15-8-9(16(4-2)12(15)21)17-7(18)5-6(10(19)20)22-11(17)14-13-8/h5,8-9,13H,3-4H2,1-2H3,(H,19,20). The summed E-state index contributed by atoms with van der Waals surface area (Å²) in [7, 11) is 0. The number of carboxylic acid groups (broad SMARTS) is 1. The van der Waals surface area contributed by atoms with Gasteiger partial charge in [-0.25, -0.2) is 9.59 Å². The molecule has 0 spiro atoms. The van der Waals surface area contributed by atoms with Crippen molar-refractivity contribution >= 4 is 34.8 Å². The minimum Gasteiger partial charge on any atom is -0.477 e. The summed E-state index contributed by atoms with van der Waals surface area (Å²) in [6.45, 7) is 4.61. The first kappa shape index (κ1) is 14.7. The number of carboxylic acids is 1. The van der Waals surface area contributed by atoms with Gasteiger partial charge in [-0.15, -0.1) is 0 Å². The van der Waals surface area contributed by atoms with Crippen molar-refractivity contribution in [1.82, 2.24) is 20.1 Å². The van der Waals surface area contributed by atoms with Crippen LogP contribution in [0.3, 0.4) is 0 Å². The molecule has 3 aliphatic rings. The molecule has 2 unspecified atom stereocenters. The van der Waals surface area contributed by atoms with Crippen LogP contribution in [0.5, 0.6) is 0 Å². The van der Waals surface area contributed by atoms with E-state index < -0.39 is 24.2 Å². The number of carbonyl (C=O) groups is 3. The topological polar surface area (TPSA) is 106 Å². The average molecular weight is 325 g/mol. The molecule has 3 amide bonds. The number of carbonyl (C=O) groups excluding carboxylic acids is 2. The van der Waals surface area contributed by atoms with Gasteiger partial charge < -0.3 is 5.11 Å². The summed E-state index contributed by atoms with van der Waals surface area (Å²) in [6.07, 6.45) is 0.100. The van der Waals surface area contributed by atoms with Crippen LogP contribution < -0.4 is 5.43 Å². The highest BCUT2D eigenvalue weighted by Gasteiger charge is 2.53. The molecule has 22 heavy (non-hydrogen) atoms. The highest BCUT2D eigenvalue weighted by Crippen LogP contribution is 2.34. The van der Waals surface area contributed by atoms with Gasteiger partial charge in [-0.1, -0.05) is 0 Å². The third kappa shape index (κ3) is 1.94. The second-order valence-corrected chi connectivity index (χ2v) is 5.87. The molecule has 0 bridgehead atoms. The minimum atomic E-state index is -1.17. The van der Waals surface area contributed by atoms with Gasteiger partial charge in [0.25, 0.3) is 5.91 Å². The van der Waals surface area contributed by atoms with Crippen molar-refractivity contribution in [3.05, 3.63) is 11.0 Å². The summed E-state index contributed by atoms with van der Waals surface area (Å²) in [4.78, 5) is 40.3. The van der Waals surface area contributed by atoms with Crippen molar-refractivity contribution in [2.24, 2.45) is 5.10 Å². The van der Waals surface area contributed by atoms with Gasteiger partial charge in [-0.2, -0.15) is 5.10 Å². The van der Waals surface area contributed by atoms with Gasteiger partial charge in [0, 0.05) is 19.2 Å². The summed E-state index contributed by atoms with van der Waals surface area (Å²) in [6, 6.07) is -0.172. The maximum atomic E-state index is 12.4. The van der Waals surface area contributed by atoms with Crippen molar-refractivity contribution in [3.63, 3.8) is 0 Å². The van der Waals surface area contributed by atoms with E-state index in [0.29, 0.717) is 13.1 Å². The van der Waals surface area contributed by atoms with Crippen molar-refractivity contribution < 1.29 is 19.5 Å². The molecule has 0 radical (unpaired) electrons. The maximum absolute atomic E-state index is 12.4. The average Bonchev–Trinajstić information content (AvgIpc) is 2.77. The Hall–Kier alpha value is -2.23. The number of rotatable bonds is 3. The molecule has 0 aromatic carbocycles. The van der Waals surface area contributed by atoms with Crippen LogP contribution in [-0.4, -0.2) is 68.3 Å². The van der Waals surface area contributed by atoms with Gasteiger partial charge in [0.15, 0.2) is 17.5 Å². The molecule has 10 heteroatoms.